The molecule has 0 atom stereocenters. The van der Waals surface area contributed by atoms with Crippen molar-refractivity contribution < 1.29 is 4.79 Å². The summed E-state index contributed by atoms with van der Waals surface area (Å²) in [5.74, 6) is 1.14. The van der Waals surface area contributed by atoms with Crippen molar-refractivity contribution in [3.63, 3.8) is 0 Å². The Morgan fingerprint density at radius 1 is 1.33 bits per heavy atom. The first-order valence-electron chi connectivity index (χ1n) is 6.12. The summed E-state index contributed by atoms with van der Waals surface area (Å²) in [6.45, 7) is 0.732. The molecule has 0 saturated carbocycles. The fourth-order valence-electron chi connectivity index (χ4n) is 1.53. The number of carbonyl (C=O) groups is 1. The highest BCUT2D eigenvalue weighted by molar-refractivity contribution is 9.10. The highest BCUT2D eigenvalue weighted by Gasteiger charge is 2.05. The molecule has 5 heteroatoms. The summed E-state index contributed by atoms with van der Waals surface area (Å²) in [4.78, 5) is 15.8. The summed E-state index contributed by atoms with van der Waals surface area (Å²) < 4.78 is 0.882. The molecule has 0 fully saturated rings. The number of hydrogen-bond donors (Lipinski definition) is 1. The molecule has 0 radical (unpaired) electrons. The van der Waals surface area contributed by atoms with Gasteiger partial charge in [-0.2, -0.15) is 11.8 Å². The second kappa shape index (κ2) is 9.39. The van der Waals surface area contributed by atoms with Crippen LogP contribution in [-0.4, -0.2) is 29.4 Å². The van der Waals surface area contributed by atoms with E-state index in [2.05, 4.69) is 32.5 Å². The molecule has 1 N–H and O–H groups in total. The van der Waals surface area contributed by atoms with Crippen molar-refractivity contribution in [1.29, 1.82) is 0 Å². The van der Waals surface area contributed by atoms with Crippen LogP contribution in [0.2, 0.25) is 0 Å². The largest absolute Gasteiger partial charge is 0.351 e. The van der Waals surface area contributed by atoms with Crippen LogP contribution in [0.25, 0.3) is 0 Å². The Labute approximate surface area is 121 Å². The number of thioether (sulfide) groups is 1. The zero-order valence-corrected chi connectivity index (χ0v) is 13.0. The Balaban J connectivity index is 2.12. The molecule has 0 saturated heterocycles. The first-order valence-corrected chi connectivity index (χ1v) is 8.31. The molecular weight excluding hydrogens is 312 g/mol. The standard InChI is InChI=1S/C13H19BrN2OS/c1-18-9-5-3-2-4-8-15-13(17)12-7-6-11(14)10-16-12/h6-7,10H,2-5,8-9H2,1H3,(H,15,17). The SMILES string of the molecule is CSCCCCCCNC(=O)c1ccc(Br)cn1. The molecule has 1 aromatic rings. The maximum Gasteiger partial charge on any atom is 0.269 e. The second-order valence-corrected chi connectivity index (χ2v) is 5.93. The second-order valence-electron chi connectivity index (χ2n) is 4.02. The molecule has 0 bridgehead atoms. The number of hydrogen-bond acceptors (Lipinski definition) is 3. The Hall–Kier alpha value is -0.550. The Bertz CT molecular complexity index is 357. The highest BCUT2D eigenvalue weighted by Crippen LogP contribution is 2.07. The third-order valence-corrected chi connectivity index (χ3v) is 3.69. The summed E-state index contributed by atoms with van der Waals surface area (Å²) in [7, 11) is 0. The van der Waals surface area contributed by atoms with Crippen LogP contribution in [0.4, 0.5) is 0 Å². The van der Waals surface area contributed by atoms with E-state index in [0.717, 1.165) is 17.4 Å². The normalized spacial score (nSPS) is 10.3. The van der Waals surface area contributed by atoms with Crippen molar-refractivity contribution in [2.75, 3.05) is 18.6 Å². The molecule has 18 heavy (non-hydrogen) atoms. The topological polar surface area (TPSA) is 42.0 Å². The van der Waals surface area contributed by atoms with E-state index in [9.17, 15) is 4.79 Å². The van der Waals surface area contributed by atoms with Crippen molar-refractivity contribution in [3.05, 3.63) is 28.5 Å². The molecule has 0 aliphatic rings. The molecule has 100 valence electrons. The molecule has 0 unspecified atom stereocenters. The zero-order chi connectivity index (χ0) is 13.2. The van der Waals surface area contributed by atoms with Gasteiger partial charge >= 0.3 is 0 Å². The number of carbonyl (C=O) groups excluding carboxylic acids is 1. The van der Waals surface area contributed by atoms with E-state index < -0.39 is 0 Å². The van der Waals surface area contributed by atoms with Gasteiger partial charge in [0.05, 0.1) is 0 Å². The van der Waals surface area contributed by atoms with Crippen molar-refractivity contribution >= 4 is 33.6 Å². The maximum absolute atomic E-state index is 11.7. The van der Waals surface area contributed by atoms with E-state index in [4.69, 9.17) is 0 Å². The Morgan fingerprint density at radius 3 is 2.78 bits per heavy atom. The number of pyridine rings is 1. The van der Waals surface area contributed by atoms with E-state index >= 15 is 0 Å². The van der Waals surface area contributed by atoms with Gasteiger partial charge in [0, 0.05) is 17.2 Å². The van der Waals surface area contributed by atoms with Crippen molar-refractivity contribution in [2.24, 2.45) is 0 Å². The molecule has 3 nitrogen and oxygen atoms in total. The molecule has 1 rings (SSSR count). The molecule has 0 aliphatic carbocycles. The quantitative estimate of drug-likeness (QED) is 0.742. The van der Waals surface area contributed by atoms with Gasteiger partial charge in [-0.3, -0.25) is 4.79 Å². The number of rotatable bonds is 8. The number of nitrogens with zero attached hydrogens (tertiary/aromatic N) is 1. The van der Waals surface area contributed by atoms with Gasteiger partial charge in [0.1, 0.15) is 5.69 Å². The lowest BCUT2D eigenvalue weighted by atomic mass is 10.2. The summed E-state index contributed by atoms with van der Waals surface area (Å²) in [6, 6.07) is 3.54. The van der Waals surface area contributed by atoms with E-state index in [1.807, 2.05) is 17.8 Å². The first-order chi connectivity index (χ1) is 8.74. The summed E-state index contributed by atoms with van der Waals surface area (Å²) in [5, 5.41) is 2.89. The van der Waals surface area contributed by atoms with Gasteiger partial charge in [-0.05, 0) is 52.9 Å². The molecule has 1 heterocycles. The van der Waals surface area contributed by atoms with Gasteiger partial charge in [-0.25, -0.2) is 4.98 Å². The predicted molar refractivity (Wildman–Crippen MR) is 81.1 cm³/mol. The predicted octanol–water partition coefficient (Wildman–Crippen LogP) is 3.50. The fourth-order valence-corrected chi connectivity index (χ4v) is 2.25. The van der Waals surface area contributed by atoms with Gasteiger partial charge in [0.25, 0.3) is 5.91 Å². The summed E-state index contributed by atoms with van der Waals surface area (Å²) in [5.41, 5.74) is 0.473. The monoisotopic (exact) mass is 330 g/mol. The number of nitrogens with one attached hydrogen (secondary N) is 1. The van der Waals surface area contributed by atoms with Gasteiger partial charge in [-0.15, -0.1) is 0 Å². The fraction of sp³-hybridized carbons (Fsp3) is 0.538. The highest BCUT2D eigenvalue weighted by atomic mass is 79.9. The third-order valence-electron chi connectivity index (χ3n) is 2.52. The zero-order valence-electron chi connectivity index (χ0n) is 10.6. The van der Waals surface area contributed by atoms with Crippen LogP contribution in [0.15, 0.2) is 22.8 Å². The number of amides is 1. The van der Waals surface area contributed by atoms with Gasteiger partial charge in [0.2, 0.25) is 0 Å². The van der Waals surface area contributed by atoms with Crippen LogP contribution in [0, 0.1) is 0 Å². The molecule has 0 aromatic carbocycles. The van der Waals surface area contributed by atoms with Crippen LogP contribution in [0.1, 0.15) is 36.2 Å². The number of aromatic nitrogens is 1. The number of unbranched alkanes of at least 4 members (excludes halogenated alkanes) is 3. The summed E-state index contributed by atoms with van der Waals surface area (Å²) >= 11 is 5.18. The van der Waals surface area contributed by atoms with Crippen LogP contribution < -0.4 is 5.32 Å². The van der Waals surface area contributed by atoms with E-state index in [1.54, 1.807) is 12.3 Å². The van der Waals surface area contributed by atoms with Crippen molar-refractivity contribution in [2.45, 2.75) is 25.7 Å². The van der Waals surface area contributed by atoms with Crippen LogP contribution in [0.5, 0.6) is 0 Å². The van der Waals surface area contributed by atoms with Crippen LogP contribution >= 0.6 is 27.7 Å². The lowest BCUT2D eigenvalue weighted by Gasteiger charge is -2.04. The van der Waals surface area contributed by atoms with Crippen molar-refractivity contribution in [3.8, 4) is 0 Å². The summed E-state index contributed by atoms with van der Waals surface area (Å²) in [6.07, 6.45) is 8.49. The van der Waals surface area contributed by atoms with Crippen molar-refractivity contribution in [1.82, 2.24) is 10.3 Å². The maximum atomic E-state index is 11.7. The minimum Gasteiger partial charge on any atom is -0.351 e. The van der Waals surface area contributed by atoms with Crippen LogP contribution in [-0.2, 0) is 0 Å². The van der Waals surface area contributed by atoms with Gasteiger partial charge in [-0.1, -0.05) is 12.8 Å². The van der Waals surface area contributed by atoms with Crippen LogP contribution in [0.3, 0.4) is 0 Å². The minimum atomic E-state index is -0.0911. The van der Waals surface area contributed by atoms with E-state index in [1.165, 1.54) is 25.0 Å². The third kappa shape index (κ3) is 6.40. The molecule has 1 aromatic heterocycles. The Kier molecular flexibility index (Phi) is 8.09. The van der Waals surface area contributed by atoms with E-state index in [-0.39, 0.29) is 5.91 Å². The number of halogens is 1. The average Bonchev–Trinajstić information content (AvgIpc) is 2.38. The first kappa shape index (κ1) is 15.5. The molecule has 0 aliphatic heterocycles. The minimum absolute atomic E-state index is 0.0911. The smallest absolute Gasteiger partial charge is 0.269 e. The van der Waals surface area contributed by atoms with Gasteiger partial charge < -0.3 is 5.32 Å². The average molecular weight is 331 g/mol. The van der Waals surface area contributed by atoms with E-state index in [0.29, 0.717) is 5.69 Å². The molecular formula is C13H19BrN2OS. The van der Waals surface area contributed by atoms with Gasteiger partial charge in [0.15, 0.2) is 0 Å². The Morgan fingerprint density at radius 2 is 2.11 bits per heavy atom. The molecule has 1 amide bonds. The lowest BCUT2D eigenvalue weighted by Crippen LogP contribution is -2.25. The molecule has 0 spiro atoms. The lowest BCUT2D eigenvalue weighted by molar-refractivity contribution is 0.0948.